The molecule has 3 aromatic rings. The van der Waals surface area contributed by atoms with Crippen LogP contribution in [0, 0.1) is 5.82 Å². The van der Waals surface area contributed by atoms with Crippen LogP contribution in [0.4, 0.5) is 10.1 Å². The minimum atomic E-state index is -0.464. The smallest absolute Gasteiger partial charge is 0.338 e. The summed E-state index contributed by atoms with van der Waals surface area (Å²) >= 11 is 1.20. The number of carbonyl (C=O) groups is 2. The highest BCUT2D eigenvalue weighted by Crippen LogP contribution is 2.21. The molecular formula is C24H25FN4O4S. The zero-order valence-electron chi connectivity index (χ0n) is 18.9. The van der Waals surface area contributed by atoms with Crippen LogP contribution < -0.4 is 10.1 Å². The molecule has 0 saturated heterocycles. The molecule has 1 amide bonds. The number of allylic oxidation sites excluding steroid dienone is 1. The van der Waals surface area contributed by atoms with Crippen molar-refractivity contribution in [2.75, 3.05) is 11.1 Å². The Hall–Kier alpha value is -3.66. The van der Waals surface area contributed by atoms with Crippen LogP contribution in [-0.2, 0) is 22.7 Å². The molecule has 0 aliphatic rings. The number of rotatable bonds is 11. The molecule has 0 unspecified atom stereocenters. The van der Waals surface area contributed by atoms with Crippen molar-refractivity contribution < 1.29 is 23.5 Å². The lowest BCUT2D eigenvalue weighted by Gasteiger charge is -2.10. The van der Waals surface area contributed by atoms with E-state index in [1.54, 1.807) is 60.9 Å². The first kappa shape index (κ1) is 25.0. The number of anilines is 1. The summed E-state index contributed by atoms with van der Waals surface area (Å²) in [6, 6.07) is 12.6. The lowest BCUT2D eigenvalue weighted by atomic mass is 10.2. The molecule has 0 atom stereocenters. The fourth-order valence-corrected chi connectivity index (χ4v) is 3.61. The fraction of sp³-hybridized carbons (Fsp3) is 0.250. The van der Waals surface area contributed by atoms with E-state index in [0.29, 0.717) is 28.8 Å². The molecule has 0 radical (unpaired) electrons. The van der Waals surface area contributed by atoms with E-state index < -0.39 is 11.8 Å². The number of amides is 1. The van der Waals surface area contributed by atoms with Crippen LogP contribution in [0.25, 0.3) is 0 Å². The highest BCUT2D eigenvalue weighted by molar-refractivity contribution is 7.99. The maximum atomic E-state index is 13.8. The van der Waals surface area contributed by atoms with Gasteiger partial charge in [0.1, 0.15) is 6.61 Å². The Kier molecular flexibility index (Phi) is 8.80. The van der Waals surface area contributed by atoms with Gasteiger partial charge in [-0.05, 0) is 50.2 Å². The molecule has 0 aliphatic carbocycles. The van der Waals surface area contributed by atoms with E-state index in [9.17, 15) is 14.0 Å². The van der Waals surface area contributed by atoms with Gasteiger partial charge in [0.05, 0.1) is 17.4 Å². The topological polar surface area (TPSA) is 95.3 Å². The average molecular weight is 485 g/mol. The van der Waals surface area contributed by atoms with Crippen molar-refractivity contribution in [2.45, 2.75) is 38.3 Å². The van der Waals surface area contributed by atoms with Gasteiger partial charge in [0.2, 0.25) is 5.91 Å². The lowest BCUT2D eigenvalue weighted by molar-refractivity contribution is -0.113. The van der Waals surface area contributed by atoms with E-state index in [0.717, 1.165) is 0 Å². The molecule has 34 heavy (non-hydrogen) atoms. The predicted molar refractivity (Wildman–Crippen MR) is 127 cm³/mol. The van der Waals surface area contributed by atoms with Gasteiger partial charge >= 0.3 is 5.97 Å². The Morgan fingerprint density at radius 3 is 2.59 bits per heavy atom. The highest BCUT2D eigenvalue weighted by atomic mass is 32.2. The Labute approximate surface area is 201 Å². The van der Waals surface area contributed by atoms with Crippen LogP contribution in [0.15, 0.2) is 66.3 Å². The number of aromatic nitrogens is 3. The molecule has 0 bridgehead atoms. The summed E-state index contributed by atoms with van der Waals surface area (Å²) in [7, 11) is 0. The van der Waals surface area contributed by atoms with Gasteiger partial charge in [-0.25, -0.2) is 9.18 Å². The number of para-hydroxylation sites is 1. The Morgan fingerprint density at radius 2 is 1.91 bits per heavy atom. The lowest BCUT2D eigenvalue weighted by Crippen LogP contribution is -2.15. The molecule has 8 nitrogen and oxygen atoms in total. The molecule has 10 heteroatoms. The number of nitrogens with zero attached hydrogens (tertiary/aromatic N) is 3. The number of ether oxygens (including phenoxy) is 2. The number of benzene rings is 2. The first-order valence-corrected chi connectivity index (χ1v) is 11.5. The summed E-state index contributed by atoms with van der Waals surface area (Å²) in [5, 5.41) is 11.5. The monoisotopic (exact) mass is 484 g/mol. The van der Waals surface area contributed by atoms with Crippen molar-refractivity contribution >= 4 is 29.3 Å². The number of hydrogen-bond acceptors (Lipinski definition) is 7. The van der Waals surface area contributed by atoms with E-state index in [1.807, 2.05) is 0 Å². The van der Waals surface area contributed by atoms with Gasteiger partial charge in [-0.15, -0.1) is 16.8 Å². The number of hydrogen-bond donors (Lipinski definition) is 1. The summed E-state index contributed by atoms with van der Waals surface area (Å²) in [5.41, 5.74) is 0.960. The van der Waals surface area contributed by atoms with E-state index in [-0.39, 0.29) is 30.1 Å². The number of halogens is 1. The molecule has 2 aromatic carbocycles. The summed E-state index contributed by atoms with van der Waals surface area (Å²) in [5.74, 6) is -0.448. The van der Waals surface area contributed by atoms with Gasteiger partial charge in [0, 0.05) is 12.2 Å². The molecule has 0 saturated carbocycles. The minimum Gasteiger partial charge on any atom is -0.483 e. The van der Waals surface area contributed by atoms with Crippen molar-refractivity contribution in [2.24, 2.45) is 0 Å². The van der Waals surface area contributed by atoms with Crippen LogP contribution in [0.5, 0.6) is 5.75 Å². The standard InChI is InChI=1S/C24H25FN4O4S/c1-4-13-29-21(14-32-20-8-6-5-7-19(20)25)27-28-24(29)34-15-22(30)26-18-11-9-17(10-12-18)23(31)33-16(2)3/h4-12,16H,1,13-15H2,2-3H3,(H,26,30). The predicted octanol–water partition coefficient (Wildman–Crippen LogP) is 4.48. The molecule has 3 rings (SSSR count). The molecule has 1 aromatic heterocycles. The SMILES string of the molecule is C=CCn1c(COc2ccccc2F)nnc1SCC(=O)Nc1ccc(C(=O)OC(C)C)cc1. The number of nitrogens with one attached hydrogen (secondary N) is 1. The fourth-order valence-electron chi connectivity index (χ4n) is 2.85. The zero-order valence-corrected chi connectivity index (χ0v) is 19.7. The summed E-state index contributed by atoms with van der Waals surface area (Å²) < 4.78 is 26.2. The van der Waals surface area contributed by atoms with Gasteiger partial charge < -0.3 is 14.8 Å². The normalized spacial score (nSPS) is 10.7. The van der Waals surface area contributed by atoms with Crippen LogP contribution in [0.2, 0.25) is 0 Å². The highest BCUT2D eigenvalue weighted by Gasteiger charge is 2.15. The minimum absolute atomic E-state index is 0.0140. The van der Waals surface area contributed by atoms with E-state index >= 15 is 0 Å². The van der Waals surface area contributed by atoms with E-state index in [4.69, 9.17) is 9.47 Å². The Bertz CT molecular complexity index is 1150. The molecule has 1 N–H and O–H groups in total. The van der Waals surface area contributed by atoms with Crippen molar-refractivity contribution in [1.29, 1.82) is 0 Å². The zero-order chi connectivity index (χ0) is 24.5. The van der Waals surface area contributed by atoms with Crippen LogP contribution in [0.1, 0.15) is 30.0 Å². The number of carbonyl (C=O) groups excluding carboxylic acids is 2. The van der Waals surface area contributed by atoms with Crippen LogP contribution in [-0.4, -0.2) is 38.5 Å². The van der Waals surface area contributed by atoms with Gasteiger partial charge in [-0.3, -0.25) is 9.36 Å². The third-order valence-electron chi connectivity index (χ3n) is 4.38. The second-order valence-corrected chi connectivity index (χ2v) is 8.33. The molecule has 1 heterocycles. The Balaban J connectivity index is 1.57. The third kappa shape index (κ3) is 6.92. The first-order valence-electron chi connectivity index (χ1n) is 10.5. The van der Waals surface area contributed by atoms with Gasteiger partial charge in [0.15, 0.2) is 22.5 Å². The van der Waals surface area contributed by atoms with E-state index in [2.05, 4.69) is 22.1 Å². The largest absolute Gasteiger partial charge is 0.483 e. The second kappa shape index (κ2) is 12.0. The van der Waals surface area contributed by atoms with Gasteiger partial charge in [-0.1, -0.05) is 30.0 Å². The Morgan fingerprint density at radius 1 is 1.18 bits per heavy atom. The molecule has 0 aliphatic heterocycles. The molecular weight excluding hydrogens is 459 g/mol. The van der Waals surface area contributed by atoms with Crippen molar-refractivity contribution in [1.82, 2.24) is 14.8 Å². The molecule has 178 valence electrons. The maximum absolute atomic E-state index is 13.8. The quantitative estimate of drug-likeness (QED) is 0.244. The summed E-state index contributed by atoms with van der Waals surface area (Å²) in [6.07, 6.45) is 1.46. The van der Waals surface area contributed by atoms with Crippen LogP contribution in [0.3, 0.4) is 0 Å². The number of thioether (sulfide) groups is 1. The maximum Gasteiger partial charge on any atom is 0.338 e. The average Bonchev–Trinajstić information content (AvgIpc) is 3.19. The van der Waals surface area contributed by atoms with Crippen molar-refractivity contribution in [3.05, 3.63) is 78.4 Å². The van der Waals surface area contributed by atoms with Crippen molar-refractivity contribution in [3.63, 3.8) is 0 Å². The first-order chi connectivity index (χ1) is 16.4. The summed E-state index contributed by atoms with van der Waals surface area (Å²) in [4.78, 5) is 24.3. The molecule has 0 fully saturated rings. The third-order valence-corrected chi connectivity index (χ3v) is 5.34. The molecule has 0 spiro atoms. The number of esters is 1. The van der Waals surface area contributed by atoms with E-state index in [1.165, 1.54) is 23.9 Å². The summed E-state index contributed by atoms with van der Waals surface area (Å²) in [6.45, 7) is 7.71. The second-order valence-electron chi connectivity index (χ2n) is 7.39. The van der Waals surface area contributed by atoms with Crippen LogP contribution >= 0.6 is 11.8 Å². The van der Waals surface area contributed by atoms with Crippen molar-refractivity contribution in [3.8, 4) is 5.75 Å². The van der Waals surface area contributed by atoms with Gasteiger partial charge in [0.25, 0.3) is 0 Å². The van der Waals surface area contributed by atoms with Gasteiger partial charge in [-0.2, -0.15) is 0 Å².